The van der Waals surface area contributed by atoms with Gasteiger partial charge in [-0.3, -0.25) is 14.6 Å². The molecule has 0 unspecified atom stereocenters. The third kappa shape index (κ3) is 3.30. The third-order valence-electron chi connectivity index (χ3n) is 6.65. The van der Waals surface area contributed by atoms with Gasteiger partial charge in [0.25, 0.3) is 5.91 Å². The number of hydrogen-bond donors (Lipinski definition) is 1. The summed E-state index contributed by atoms with van der Waals surface area (Å²) in [5.74, 6) is 0.464. The molecule has 6 nitrogen and oxygen atoms in total. The highest BCUT2D eigenvalue weighted by molar-refractivity contribution is 6.02. The largest absolute Gasteiger partial charge is 0.354 e. The van der Waals surface area contributed by atoms with Crippen LogP contribution in [0.4, 0.5) is 0 Å². The molecular weight excluding hydrogens is 364 g/mol. The summed E-state index contributed by atoms with van der Waals surface area (Å²) in [6.45, 7) is 1.20. The van der Waals surface area contributed by atoms with E-state index in [1.807, 2.05) is 24.3 Å². The van der Waals surface area contributed by atoms with Crippen LogP contribution in [0, 0.1) is 5.92 Å². The minimum Gasteiger partial charge on any atom is -0.354 e. The van der Waals surface area contributed by atoms with E-state index in [1.54, 1.807) is 17.3 Å². The van der Waals surface area contributed by atoms with E-state index < -0.39 is 5.54 Å². The van der Waals surface area contributed by atoms with Crippen molar-refractivity contribution in [2.75, 3.05) is 6.54 Å². The molecule has 2 aromatic heterocycles. The molecule has 2 aliphatic carbocycles. The molecule has 6 heteroatoms. The lowest BCUT2D eigenvalue weighted by atomic mass is 9.89. The fourth-order valence-corrected chi connectivity index (χ4v) is 4.72. The van der Waals surface area contributed by atoms with E-state index in [4.69, 9.17) is 0 Å². The van der Waals surface area contributed by atoms with Gasteiger partial charge in [0.05, 0.1) is 5.69 Å². The quantitative estimate of drug-likeness (QED) is 0.850. The first-order valence-electron chi connectivity index (χ1n) is 10.7. The Bertz CT molecular complexity index is 933. The highest BCUT2D eigenvalue weighted by Crippen LogP contribution is 2.46. The molecule has 0 spiro atoms. The van der Waals surface area contributed by atoms with Crippen LogP contribution in [0.3, 0.4) is 0 Å². The molecule has 0 radical (unpaired) electrons. The highest BCUT2D eigenvalue weighted by Gasteiger charge is 2.58. The van der Waals surface area contributed by atoms with E-state index in [2.05, 4.69) is 15.3 Å². The fourth-order valence-electron chi connectivity index (χ4n) is 4.72. The van der Waals surface area contributed by atoms with Crippen molar-refractivity contribution in [3.63, 3.8) is 0 Å². The zero-order chi connectivity index (χ0) is 19.8. The van der Waals surface area contributed by atoms with Gasteiger partial charge in [-0.05, 0) is 49.8 Å². The summed E-state index contributed by atoms with van der Waals surface area (Å²) in [7, 11) is 0. The predicted molar refractivity (Wildman–Crippen MR) is 109 cm³/mol. The van der Waals surface area contributed by atoms with Crippen molar-refractivity contribution in [2.24, 2.45) is 5.92 Å². The second-order valence-corrected chi connectivity index (χ2v) is 8.58. The topological polar surface area (TPSA) is 75.2 Å². The Morgan fingerprint density at radius 1 is 1.17 bits per heavy atom. The minimum atomic E-state index is -0.680. The lowest BCUT2D eigenvalue weighted by molar-refractivity contribution is -0.127. The molecule has 0 saturated heterocycles. The molecular formula is C23H26N4O2. The van der Waals surface area contributed by atoms with Crippen molar-refractivity contribution in [1.82, 2.24) is 20.2 Å². The summed E-state index contributed by atoms with van der Waals surface area (Å²) < 4.78 is 0. The first-order chi connectivity index (χ1) is 14.2. The molecule has 2 saturated carbocycles. The fraction of sp³-hybridized carbons (Fsp3) is 0.478. The van der Waals surface area contributed by atoms with Gasteiger partial charge in [-0.15, -0.1) is 0 Å². The summed E-state index contributed by atoms with van der Waals surface area (Å²) in [6, 6.07) is 7.67. The van der Waals surface area contributed by atoms with Gasteiger partial charge in [0.1, 0.15) is 11.2 Å². The van der Waals surface area contributed by atoms with Crippen LogP contribution in [-0.2, 0) is 11.3 Å². The third-order valence-corrected chi connectivity index (χ3v) is 6.65. The van der Waals surface area contributed by atoms with E-state index in [1.165, 1.54) is 32.1 Å². The summed E-state index contributed by atoms with van der Waals surface area (Å²) in [6.07, 6.45) is 11.2. The van der Waals surface area contributed by atoms with Gasteiger partial charge in [0.2, 0.25) is 5.91 Å². The molecule has 150 valence electrons. The molecule has 29 heavy (non-hydrogen) atoms. The number of fused-ring (bicyclic) bond motifs is 1. The standard InChI is InChI=1S/C23H26N4O2/c28-21-20-18(8-9-19(26-20)17-7-4-12-24-14-17)15-27(21)23(10-11-23)22(29)25-13-16-5-2-1-3-6-16/h4,7-9,12,14,16H,1-3,5-6,10-11,13,15H2,(H,25,29). The number of carbonyl (C=O) groups is 2. The Labute approximate surface area is 170 Å². The Morgan fingerprint density at radius 3 is 2.72 bits per heavy atom. The predicted octanol–water partition coefficient (Wildman–Crippen LogP) is 3.33. The monoisotopic (exact) mass is 390 g/mol. The van der Waals surface area contributed by atoms with Gasteiger partial charge in [-0.1, -0.05) is 25.3 Å². The lowest BCUT2D eigenvalue weighted by Gasteiger charge is -2.28. The van der Waals surface area contributed by atoms with E-state index >= 15 is 0 Å². The van der Waals surface area contributed by atoms with Crippen LogP contribution in [0.25, 0.3) is 11.3 Å². The number of aromatic nitrogens is 2. The normalized spacial score (nSPS) is 20.4. The van der Waals surface area contributed by atoms with Gasteiger partial charge >= 0.3 is 0 Å². The molecule has 1 N–H and O–H groups in total. The van der Waals surface area contributed by atoms with Crippen LogP contribution < -0.4 is 5.32 Å². The number of amides is 2. The Morgan fingerprint density at radius 2 is 2.00 bits per heavy atom. The summed E-state index contributed by atoms with van der Waals surface area (Å²) in [5.41, 5.74) is 2.30. The van der Waals surface area contributed by atoms with Crippen molar-refractivity contribution in [1.29, 1.82) is 0 Å². The van der Waals surface area contributed by atoms with Gasteiger partial charge in [0.15, 0.2) is 0 Å². The number of rotatable bonds is 5. The minimum absolute atomic E-state index is 0.0108. The Kier molecular flexibility index (Phi) is 4.57. The first-order valence-corrected chi connectivity index (χ1v) is 10.7. The zero-order valence-electron chi connectivity index (χ0n) is 16.6. The molecule has 2 fully saturated rings. The summed E-state index contributed by atoms with van der Waals surface area (Å²) in [4.78, 5) is 36.6. The van der Waals surface area contributed by atoms with E-state index in [0.29, 0.717) is 18.2 Å². The van der Waals surface area contributed by atoms with Crippen molar-refractivity contribution < 1.29 is 9.59 Å². The molecule has 1 aliphatic heterocycles. The number of hydrogen-bond acceptors (Lipinski definition) is 4. The number of carbonyl (C=O) groups excluding carboxylic acids is 2. The van der Waals surface area contributed by atoms with Crippen LogP contribution in [0.1, 0.15) is 61.0 Å². The molecule has 2 amide bonds. The summed E-state index contributed by atoms with van der Waals surface area (Å²) in [5, 5.41) is 3.16. The van der Waals surface area contributed by atoms with E-state index in [9.17, 15) is 9.59 Å². The van der Waals surface area contributed by atoms with Crippen LogP contribution in [0.15, 0.2) is 36.7 Å². The van der Waals surface area contributed by atoms with Crippen molar-refractivity contribution in [2.45, 2.75) is 57.0 Å². The average Bonchev–Trinajstić information content (AvgIpc) is 3.52. The molecule has 0 atom stereocenters. The molecule has 3 aliphatic rings. The smallest absolute Gasteiger partial charge is 0.274 e. The van der Waals surface area contributed by atoms with Gasteiger partial charge in [-0.2, -0.15) is 0 Å². The maximum Gasteiger partial charge on any atom is 0.274 e. The molecule has 2 aromatic rings. The Hall–Kier alpha value is -2.76. The SMILES string of the molecule is O=C1c2nc(-c3cccnc3)ccc2CN1C1(C(=O)NCC2CCCCC2)CC1. The van der Waals surface area contributed by atoms with Crippen LogP contribution in [-0.4, -0.2) is 38.8 Å². The lowest BCUT2D eigenvalue weighted by Crippen LogP contribution is -2.50. The van der Waals surface area contributed by atoms with Crippen molar-refractivity contribution >= 4 is 11.8 Å². The molecule has 0 bridgehead atoms. The van der Waals surface area contributed by atoms with Gasteiger partial charge in [0, 0.05) is 36.6 Å². The zero-order valence-corrected chi connectivity index (χ0v) is 16.6. The van der Waals surface area contributed by atoms with Crippen molar-refractivity contribution in [3.8, 4) is 11.3 Å². The van der Waals surface area contributed by atoms with Crippen LogP contribution in [0.2, 0.25) is 0 Å². The maximum atomic E-state index is 13.1. The van der Waals surface area contributed by atoms with Gasteiger partial charge in [-0.25, -0.2) is 4.98 Å². The van der Waals surface area contributed by atoms with Crippen LogP contribution >= 0.6 is 0 Å². The number of pyridine rings is 2. The average molecular weight is 390 g/mol. The highest BCUT2D eigenvalue weighted by atomic mass is 16.2. The molecule has 0 aromatic carbocycles. The van der Waals surface area contributed by atoms with E-state index in [-0.39, 0.29) is 11.8 Å². The first kappa shape index (κ1) is 18.3. The Balaban J connectivity index is 1.31. The second kappa shape index (κ2) is 7.25. The molecule has 5 rings (SSSR count). The van der Waals surface area contributed by atoms with Crippen molar-refractivity contribution in [3.05, 3.63) is 47.9 Å². The van der Waals surface area contributed by atoms with E-state index in [0.717, 1.165) is 36.2 Å². The summed E-state index contributed by atoms with van der Waals surface area (Å²) >= 11 is 0. The number of nitrogens with one attached hydrogen (secondary N) is 1. The van der Waals surface area contributed by atoms with Crippen LogP contribution in [0.5, 0.6) is 0 Å². The number of nitrogens with zero attached hydrogens (tertiary/aromatic N) is 3. The maximum absolute atomic E-state index is 13.1. The van der Waals surface area contributed by atoms with Gasteiger partial charge < -0.3 is 10.2 Å². The molecule has 3 heterocycles. The second-order valence-electron chi connectivity index (χ2n) is 8.58.